The third-order valence-electron chi connectivity index (χ3n) is 9.16. The first kappa shape index (κ1) is 41.0. The zero-order valence-corrected chi connectivity index (χ0v) is 31.9. The summed E-state index contributed by atoms with van der Waals surface area (Å²) in [4.78, 5) is 49.0. The molecule has 1 atom stereocenters. The summed E-state index contributed by atoms with van der Waals surface area (Å²) in [5.74, 6) is -3.17. The summed E-state index contributed by atoms with van der Waals surface area (Å²) in [6, 6.07) is 8.00. The maximum atomic E-state index is 14.7. The van der Waals surface area contributed by atoms with Gasteiger partial charge in [0.05, 0.1) is 41.7 Å². The minimum Gasteiger partial charge on any atom is -0.405 e. The second-order valence-corrected chi connectivity index (χ2v) is 13.5. The number of anilines is 2. The summed E-state index contributed by atoms with van der Waals surface area (Å²) in [5, 5.41) is 12.1. The predicted octanol–water partition coefficient (Wildman–Crippen LogP) is 7.25. The first-order valence-corrected chi connectivity index (χ1v) is 18.1. The molecule has 316 valence electrons. The normalized spacial score (nSPS) is 17.3. The molecule has 1 aliphatic carbocycles. The van der Waals surface area contributed by atoms with E-state index in [1.807, 2.05) is 0 Å². The lowest BCUT2D eigenvalue weighted by Gasteiger charge is -2.30. The number of aryl methyl sites for hydroxylation is 2. The van der Waals surface area contributed by atoms with Gasteiger partial charge in [0, 0.05) is 35.9 Å². The monoisotopic (exact) mass is 859 g/mol. The number of amidine groups is 1. The Labute approximate surface area is 344 Å². The lowest BCUT2D eigenvalue weighted by molar-refractivity contribution is -0.331. The number of allylic oxidation sites excluding steroid dienone is 3. The summed E-state index contributed by atoms with van der Waals surface area (Å²) in [6.45, 7) is 3.12. The zero-order chi connectivity index (χ0) is 43.9. The number of aliphatic imine (C=N–C) groups is 1. The van der Waals surface area contributed by atoms with E-state index in [-0.39, 0.29) is 69.0 Å². The fourth-order valence-electron chi connectivity index (χ4n) is 6.46. The minimum absolute atomic E-state index is 0.0221. The average Bonchev–Trinajstić information content (AvgIpc) is 3.80. The van der Waals surface area contributed by atoms with Gasteiger partial charge in [-0.15, -0.1) is 26.3 Å². The van der Waals surface area contributed by atoms with Gasteiger partial charge in [-0.3, -0.25) is 24.3 Å². The molecule has 62 heavy (non-hydrogen) atoms. The van der Waals surface area contributed by atoms with Crippen LogP contribution in [0.3, 0.4) is 0 Å². The quantitative estimate of drug-likeness (QED) is 0.144. The Kier molecular flexibility index (Phi) is 10.6. The first-order chi connectivity index (χ1) is 29.5. The number of hydrogen-bond acceptors (Lipinski definition) is 12. The van der Waals surface area contributed by atoms with E-state index in [4.69, 9.17) is 0 Å². The molecule has 1 unspecified atom stereocenters. The van der Waals surface area contributed by atoms with E-state index in [1.54, 1.807) is 13.8 Å². The van der Waals surface area contributed by atoms with Crippen LogP contribution in [0, 0.1) is 19.7 Å². The SMILES string of the molecule is Cc1cnc(NC(=O)C2=CN(Cc3cnc(NC(=O)c4cnn5ccc(-c6ccccc6OC(F)(F)F)nc45)c(C)n3)N3C=CC(=C4C=CC=CC4OC(F)(F)F)N=C23)c(F)c1. The number of ether oxygens (including phenoxy) is 2. The number of hydrazine groups is 1. The van der Waals surface area contributed by atoms with Crippen LogP contribution in [-0.4, -0.2) is 76.0 Å². The van der Waals surface area contributed by atoms with Crippen molar-refractivity contribution < 1.29 is 49.8 Å². The minimum atomic E-state index is -4.97. The van der Waals surface area contributed by atoms with Crippen molar-refractivity contribution in [2.75, 3.05) is 10.6 Å². The molecule has 6 heterocycles. The van der Waals surface area contributed by atoms with Crippen LogP contribution in [0.4, 0.5) is 42.4 Å². The van der Waals surface area contributed by atoms with Crippen molar-refractivity contribution in [1.82, 2.24) is 39.6 Å². The number of alkyl halides is 6. The van der Waals surface area contributed by atoms with Gasteiger partial charge < -0.3 is 15.4 Å². The first-order valence-electron chi connectivity index (χ1n) is 18.1. The van der Waals surface area contributed by atoms with Crippen molar-refractivity contribution in [2.24, 2.45) is 4.99 Å². The predicted molar refractivity (Wildman–Crippen MR) is 206 cm³/mol. The number of carbonyl (C=O) groups excluding carboxylic acids is 2. The largest absolute Gasteiger partial charge is 0.573 e. The van der Waals surface area contributed by atoms with Crippen LogP contribution in [0.15, 0.2) is 126 Å². The number of para-hydroxylation sites is 1. The fraction of sp³-hybridized carbons (Fsp3) is 0.150. The second kappa shape index (κ2) is 16.0. The molecular formula is C40H28F7N11O4. The van der Waals surface area contributed by atoms with Crippen LogP contribution in [-0.2, 0) is 16.1 Å². The number of hydrogen-bond donors (Lipinski definition) is 2. The van der Waals surface area contributed by atoms with Crippen LogP contribution in [0.25, 0.3) is 16.9 Å². The van der Waals surface area contributed by atoms with Crippen molar-refractivity contribution in [3.05, 3.63) is 149 Å². The molecule has 2 amide bonds. The van der Waals surface area contributed by atoms with Gasteiger partial charge in [0.15, 0.2) is 28.9 Å². The van der Waals surface area contributed by atoms with E-state index in [9.17, 15) is 40.3 Å². The Hall–Kier alpha value is -7.75. The molecule has 0 saturated carbocycles. The molecule has 4 aromatic heterocycles. The van der Waals surface area contributed by atoms with Gasteiger partial charge in [-0.1, -0.05) is 36.4 Å². The standard InChI is InChI=1S/C40H28F7N11O4/c1-21-15-28(41)34(48-16-21)55-38(60)27-20-56(58-14-12-30(53-36(27)58)25-8-4-6-10-32(25)62-40(45,46)47)19-23-17-49-33(22(2)51-23)54-37(59)26-18-50-57-13-11-29(52-35(26)57)24-7-3-5-9-31(24)61-39(42,43)44/h3-18,20,32H,19H2,1-2H3,(H,48,55,60)(H,49,54,59). The molecule has 22 heteroatoms. The van der Waals surface area contributed by atoms with E-state index < -0.39 is 42.2 Å². The van der Waals surface area contributed by atoms with Gasteiger partial charge in [-0.05, 0) is 49.8 Å². The lowest BCUT2D eigenvalue weighted by Crippen LogP contribution is -2.37. The molecule has 0 fully saturated rings. The van der Waals surface area contributed by atoms with Crippen molar-refractivity contribution in [1.29, 1.82) is 0 Å². The van der Waals surface area contributed by atoms with Gasteiger partial charge in [-0.2, -0.15) is 5.10 Å². The van der Waals surface area contributed by atoms with Gasteiger partial charge >= 0.3 is 12.7 Å². The molecule has 0 bridgehead atoms. The summed E-state index contributed by atoms with van der Waals surface area (Å²) < 4.78 is 104. The topological polar surface area (TPSA) is 164 Å². The van der Waals surface area contributed by atoms with E-state index in [0.717, 1.165) is 6.07 Å². The van der Waals surface area contributed by atoms with Crippen LogP contribution < -0.4 is 15.4 Å². The van der Waals surface area contributed by atoms with Gasteiger partial charge in [0.2, 0.25) is 0 Å². The summed E-state index contributed by atoms with van der Waals surface area (Å²) in [5.41, 5.74) is 1.18. The molecule has 0 spiro atoms. The number of rotatable bonds is 9. The summed E-state index contributed by atoms with van der Waals surface area (Å²) >= 11 is 0. The Morgan fingerprint density at radius 1 is 0.887 bits per heavy atom. The summed E-state index contributed by atoms with van der Waals surface area (Å²) in [7, 11) is 0. The highest BCUT2D eigenvalue weighted by Crippen LogP contribution is 2.35. The van der Waals surface area contributed by atoms with E-state index in [2.05, 4.69) is 50.1 Å². The third kappa shape index (κ3) is 8.75. The Morgan fingerprint density at radius 3 is 2.42 bits per heavy atom. The summed E-state index contributed by atoms with van der Waals surface area (Å²) in [6.07, 6.45) is 3.67. The van der Waals surface area contributed by atoms with Crippen molar-refractivity contribution in [3.63, 3.8) is 0 Å². The number of fused-ring (bicyclic) bond motifs is 2. The van der Waals surface area contributed by atoms with Crippen LogP contribution in [0.1, 0.15) is 27.3 Å². The molecular weight excluding hydrogens is 831 g/mol. The fourth-order valence-corrected chi connectivity index (χ4v) is 6.46. The number of benzene rings is 1. The van der Waals surface area contributed by atoms with E-state index in [1.165, 1.54) is 112 Å². The molecule has 1 aromatic carbocycles. The zero-order valence-electron chi connectivity index (χ0n) is 31.9. The Balaban J connectivity index is 1.05. The molecule has 0 radical (unpaired) electrons. The van der Waals surface area contributed by atoms with E-state index in [0.29, 0.717) is 11.3 Å². The smallest absolute Gasteiger partial charge is 0.405 e. The molecule has 8 rings (SSSR count). The number of halogens is 7. The van der Waals surface area contributed by atoms with Gasteiger partial charge in [0.25, 0.3) is 11.8 Å². The van der Waals surface area contributed by atoms with Crippen molar-refractivity contribution in [2.45, 2.75) is 39.2 Å². The van der Waals surface area contributed by atoms with E-state index >= 15 is 0 Å². The maximum Gasteiger partial charge on any atom is 0.573 e. The van der Waals surface area contributed by atoms with Crippen molar-refractivity contribution >= 4 is 34.9 Å². The average molecular weight is 860 g/mol. The molecule has 5 aromatic rings. The lowest BCUT2D eigenvalue weighted by atomic mass is 10.0. The highest BCUT2D eigenvalue weighted by molar-refractivity contribution is 6.26. The molecule has 15 nitrogen and oxygen atoms in total. The van der Waals surface area contributed by atoms with Crippen LogP contribution in [0.5, 0.6) is 5.75 Å². The highest BCUT2D eigenvalue weighted by atomic mass is 19.4. The van der Waals surface area contributed by atoms with Crippen LogP contribution in [0.2, 0.25) is 0 Å². The third-order valence-corrected chi connectivity index (χ3v) is 9.16. The van der Waals surface area contributed by atoms with Gasteiger partial charge in [-0.25, -0.2) is 33.9 Å². The number of nitrogens with one attached hydrogen (secondary N) is 2. The molecule has 3 aliphatic rings. The highest BCUT2D eigenvalue weighted by Gasteiger charge is 2.38. The number of pyridine rings is 1. The van der Waals surface area contributed by atoms with Crippen LogP contribution >= 0.6 is 0 Å². The number of carbonyl (C=O) groups is 2. The molecule has 2 N–H and O–H groups in total. The molecule has 2 aliphatic heterocycles. The van der Waals surface area contributed by atoms with Crippen molar-refractivity contribution in [3.8, 4) is 17.0 Å². The number of nitrogens with zero attached hydrogens (tertiary/aromatic N) is 9. The maximum absolute atomic E-state index is 14.7. The number of amides is 2. The Bertz CT molecular complexity index is 2830. The number of aromatic nitrogens is 6. The Morgan fingerprint density at radius 2 is 1.66 bits per heavy atom. The second-order valence-electron chi connectivity index (χ2n) is 13.5. The van der Waals surface area contributed by atoms with Gasteiger partial charge in [0.1, 0.15) is 23.0 Å². The molecule has 0 saturated heterocycles.